The molecule has 1 atom stereocenters. The number of rotatable bonds is 0. The molecular formula is C8H7Cl2NO. The zero-order valence-corrected chi connectivity index (χ0v) is 7.69. The molecule has 1 aromatic carbocycles. The summed E-state index contributed by atoms with van der Waals surface area (Å²) in [4.78, 5) is 0. The van der Waals surface area contributed by atoms with Crippen LogP contribution in [-0.2, 0) is 0 Å². The van der Waals surface area contributed by atoms with E-state index in [9.17, 15) is 0 Å². The highest BCUT2D eigenvalue weighted by Gasteiger charge is 2.23. The van der Waals surface area contributed by atoms with E-state index in [1.807, 2.05) is 0 Å². The molecule has 4 heteroatoms. The first-order valence-corrected chi connectivity index (χ1v) is 4.31. The van der Waals surface area contributed by atoms with Crippen molar-refractivity contribution in [3.05, 3.63) is 27.7 Å². The van der Waals surface area contributed by atoms with Gasteiger partial charge in [-0.1, -0.05) is 23.2 Å². The molecule has 2 N–H and O–H groups in total. The van der Waals surface area contributed by atoms with Crippen LogP contribution in [0.3, 0.4) is 0 Å². The molecule has 2 nitrogen and oxygen atoms in total. The lowest BCUT2D eigenvalue weighted by atomic mass is 10.1. The van der Waals surface area contributed by atoms with E-state index in [-0.39, 0.29) is 6.04 Å². The van der Waals surface area contributed by atoms with E-state index in [1.54, 1.807) is 12.1 Å². The fourth-order valence-corrected chi connectivity index (χ4v) is 1.92. The average molecular weight is 204 g/mol. The first-order valence-electron chi connectivity index (χ1n) is 3.56. The van der Waals surface area contributed by atoms with Crippen LogP contribution in [0.1, 0.15) is 11.6 Å². The van der Waals surface area contributed by atoms with Gasteiger partial charge in [-0.15, -0.1) is 0 Å². The van der Waals surface area contributed by atoms with E-state index < -0.39 is 0 Å². The van der Waals surface area contributed by atoms with Crippen LogP contribution in [0.4, 0.5) is 0 Å². The van der Waals surface area contributed by atoms with Gasteiger partial charge in [-0.25, -0.2) is 0 Å². The SMILES string of the molecule is N[C@@H]1COc2cc(Cl)cc(Cl)c21. The molecule has 0 aliphatic carbocycles. The van der Waals surface area contributed by atoms with E-state index in [0.717, 1.165) is 5.56 Å². The zero-order chi connectivity index (χ0) is 8.72. The Balaban J connectivity index is 2.60. The Morgan fingerprint density at radius 2 is 2.17 bits per heavy atom. The Morgan fingerprint density at radius 3 is 2.92 bits per heavy atom. The van der Waals surface area contributed by atoms with Crippen molar-refractivity contribution in [2.45, 2.75) is 6.04 Å². The molecule has 0 saturated heterocycles. The fraction of sp³-hybridized carbons (Fsp3) is 0.250. The van der Waals surface area contributed by atoms with Crippen molar-refractivity contribution in [2.24, 2.45) is 5.73 Å². The smallest absolute Gasteiger partial charge is 0.127 e. The second-order valence-corrected chi connectivity index (χ2v) is 3.56. The normalized spacial score (nSPS) is 20.4. The predicted molar refractivity (Wildman–Crippen MR) is 48.9 cm³/mol. The molecular weight excluding hydrogens is 197 g/mol. The molecule has 2 rings (SSSR count). The number of fused-ring (bicyclic) bond motifs is 1. The Bertz CT molecular complexity index is 327. The molecule has 12 heavy (non-hydrogen) atoms. The maximum absolute atomic E-state index is 5.93. The van der Waals surface area contributed by atoms with Crippen LogP contribution in [0.5, 0.6) is 5.75 Å². The van der Waals surface area contributed by atoms with Crippen LogP contribution in [0.15, 0.2) is 12.1 Å². The molecule has 0 spiro atoms. The van der Waals surface area contributed by atoms with Gasteiger partial charge in [0, 0.05) is 10.6 Å². The minimum Gasteiger partial charge on any atom is -0.491 e. The van der Waals surface area contributed by atoms with Gasteiger partial charge in [0.15, 0.2) is 0 Å². The molecule has 0 aromatic heterocycles. The van der Waals surface area contributed by atoms with Crippen molar-refractivity contribution in [1.82, 2.24) is 0 Å². The van der Waals surface area contributed by atoms with Crippen molar-refractivity contribution in [2.75, 3.05) is 6.61 Å². The number of benzene rings is 1. The summed E-state index contributed by atoms with van der Waals surface area (Å²) in [6.45, 7) is 0.482. The highest BCUT2D eigenvalue weighted by atomic mass is 35.5. The van der Waals surface area contributed by atoms with Gasteiger partial charge < -0.3 is 10.5 Å². The highest BCUT2D eigenvalue weighted by molar-refractivity contribution is 6.35. The van der Waals surface area contributed by atoms with E-state index in [1.165, 1.54) is 0 Å². The lowest BCUT2D eigenvalue weighted by molar-refractivity contribution is 0.333. The molecule has 1 heterocycles. The summed E-state index contributed by atoms with van der Waals surface area (Å²) in [5.41, 5.74) is 6.61. The summed E-state index contributed by atoms with van der Waals surface area (Å²) < 4.78 is 5.28. The molecule has 0 bridgehead atoms. The van der Waals surface area contributed by atoms with Gasteiger partial charge in [0.05, 0.1) is 11.1 Å². The standard InChI is InChI=1S/C8H7Cl2NO/c9-4-1-5(10)8-6(11)3-12-7(8)2-4/h1-2,6H,3,11H2/t6-/m1/s1. The molecule has 1 aliphatic heterocycles. The molecule has 0 saturated carbocycles. The first-order chi connectivity index (χ1) is 5.68. The predicted octanol–water partition coefficient (Wildman–Crippen LogP) is 2.39. The Morgan fingerprint density at radius 1 is 1.42 bits per heavy atom. The van der Waals surface area contributed by atoms with Crippen LogP contribution < -0.4 is 10.5 Å². The number of ether oxygens (including phenoxy) is 1. The number of halogens is 2. The van der Waals surface area contributed by atoms with E-state index in [4.69, 9.17) is 33.7 Å². The van der Waals surface area contributed by atoms with Gasteiger partial charge in [-0.2, -0.15) is 0 Å². The van der Waals surface area contributed by atoms with Gasteiger partial charge >= 0.3 is 0 Å². The first kappa shape index (κ1) is 8.17. The van der Waals surface area contributed by atoms with Crippen molar-refractivity contribution < 1.29 is 4.74 Å². The summed E-state index contributed by atoms with van der Waals surface area (Å²) in [5, 5.41) is 1.16. The van der Waals surface area contributed by atoms with Gasteiger partial charge in [0.2, 0.25) is 0 Å². The number of nitrogens with two attached hydrogens (primary N) is 1. The van der Waals surface area contributed by atoms with Crippen LogP contribution in [-0.4, -0.2) is 6.61 Å². The van der Waals surface area contributed by atoms with Crippen LogP contribution in [0.2, 0.25) is 10.0 Å². The second kappa shape index (κ2) is 2.80. The van der Waals surface area contributed by atoms with Crippen molar-refractivity contribution >= 4 is 23.2 Å². The third-order valence-corrected chi connectivity index (χ3v) is 2.38. The molecule has 1 aromatic rings. The Labute approximate surface area is 80.2 Å². The van der Waals surface area contributed by atoms with Gasteiger partial charge in [-0.05, 0) is 12.1 Å². The third kappa shape index (κ3) is 1.16. The maximum atomic E-state index is 5.93. The Hall–Kier alpha value is -0.440. The van der Waals surface area contributed by atoms with Gasteiger partial charge in [0.1, 0.15) is 12.4 Å². The summed E-state index contributed by atoms with van der Waals surface area (Å²) in [6.07, 6.45) is 0. The molecule has 1 aliphatic rings. The van der Waals surface area contributed by atoms with E-state index >= 15 is 0 Å². The summed E-state index contributed by atoms with van der Waals surface area (Å²) in [6, 6.07) is 3.29. The molecule has 0 fully saturated rings. The molecule has 0 unspecified atom stereocenters. The summed E-state index contributed by atoms with van der Waals surface area (Å²) in [7, 11) is 0. The van der Waals surface area contributed by atoms with Gasteiger partial charge in [-0.3, -0.25) is 0 Å². The largest absolute Gasteiger partial charge is 0.491 e. The zero-order valence-electron chi connectivity index (χ0n) is 6.18. The van der Waals surface area contributed by atoms with Crippen LogP contribution >= 0.6 is 23.2 Å². The van der Waals surface area contributed by atoms with Crippen LogP contribution in [0, 0.1) is 0 Å². The molecule has 64 valence electrons. The van der Waals surface area contributed by atoms with Crippen LogP contribution in [0.25, 0.3) is 0 Å². The van der Waals surface area contributed by atoms with Crippen molar-refractivity contribution in [3.8, 4) is 5.75 Å². The summed E-state index contributed by atoms with van der Waals surface area (Å²) >= 11 is 11.7. The minimum absolute atomic E-state index is 0.121. The van der Waals surface area contributed by atoms with Crippen molar-refractivity contribution in [1.29, 1.82) is 0 Å². The van der Waals surface area contributed by atoms with E-state index in [0.29, 0.717) is 22.4 Å². The quantitative estimate of drug-likeness (QED) is 0.704. The number of hydrogen-bond acceptors (Lipinski definition) is 2. The lowest BCUT2D eigenvalue weighted by Crippen LogP contribution is -2.11. The topological polar surface area (TPSA) is 35.2 Å². The maximum Gasteiger partial charge on any atom is 0.127 e. The number of hydrogen-bond donors (Lipinski definition) is 1. The average Bonchev–Trinajstić information content (AvgIpc) is 2.31. The molecule has 0 amide bonds. The monoisotopic (exact) mass is 203 g/mol. The third-order valence-electron chi connectivity index (χ3n) is 1.85. The lowest BCUT2D eigenvalue weighted by Gasteiger charge is -2.03. The molecule has 0 radical (unpaired) electrons. The fourth-order valence-electron chi connectivity index (χ4n) is 1.30. The van der Waals surface area contributed by atoms with E-state index in [2.05, 4.69) is 0 Å². The van der Waals surface area contributed by atoms with Gasteiger partial charge in [0.25, 0.3) is 0 Å². The summed E-state index contributed by atoms with van der Waals surface area (Å²) in [5.74, 6) is 0.708. The van der Waals surface area contributed by atoms with Crippen molar-refractivity contribution in [3.63, 3.8) is 0 Å². The highest BCUT2D eigenvalue weighted by Crippen LogP contribution is 2.38. The second-order valence-electron chi connectivity index (χ2n) is 2.72. The minimum atomic E-state index is -0.121. The Kier molecular flexibility index (Phi) is 1.91.